The predicted molar refractivity (Wildman–Crippen MR) is 142 cm³/mol. The lowest BCUT2D eigenvalue weighted by Gasteiger charge is -2.12. The summed E-state index contributed by atoms with van der Waals surface area (Å²) in [6, 6.07) is 15.8. The van der Waals surface area contributed by atoms with Gasteiger partial charge in [0.1, 0.15) is 5.75 Å². The van der Waals surface area contributed by atoms with Crippen molar-refractivity contribution in [1.82, 2.24) is 5.43 Å². The molecule has 0 radical (unpaired) electrons. The molecule has 0 spiro atoms. The average Bonchev–Trinajstić information content (AvgIpc) is 2.79. The van der Waals surface area contributed by atoms with Crippen LogP contribution in [-0.2, 0) is 4.79 Å². The van der Waals surface area contributed by atoms with Crippen molar-refractivity contribution in [2.45, 2.75) is 13.8 Å². The fourth-order valence-corrected chi connectivity index (χ4v) is 4.27. The Labute approximate surface area is 219 Å². The second-order valence-corrected chi connectivity index (χ2v) is 9.42. The van der Waals surface area contributed by atoms with Crippen LogP contribution in [0.2, 0.25) is 0 Å². The molecule has 3 aromatic rings. The molecule has 9 heteroatoms. The third kappa shape index (κ3) is 7.04. The molecule has 0 aliphatic heterocycles. The molecule has 0 aromatic heterocycles. The number of benzene rings is 3. The van der Waals surface area contributed by atoms with Gasteiger partial charge in [-0.05, 0) is 108 Å². The van der Waals surface area contributed by atoms with Gasteiger partial charge in [0.2, 0.25) is 0 Å². The summed E-state index contributed by atoms with van der Waals surface area (Å²) in [4.78, 5) is 24.5. The molecule has 0 saturated heterocycles. The summed E-state index contributed by atoms with van der Waals surface area (Å²) in [6.07, 6.45) is 1.46. The van der Waals surface area contributed by atoms with Crippen molar-refractivity contribution in [3.63, 3.8) is 0 Å². The fourth-order valence-electron chi connectivity index (χ4n) is 3.07. The number of nitrogens with zero attached hydrogens (tertiary/aromatic N) is 1. The topological polar surface area (TPSA) is 86.2 Å². The van der Waals surface area contributed by atoms with Crippen LogP contribution in [0.15, 0.2) is 64.2 Å². The predicted octanol–water partition coefficient (Wildman–Crippen LogP) is 5.43. The molecule has 3 rings (SSSR count). The van der Waals surface area contributed by atoms with E-state index < -0.39 is 5.97 Å². The summed E-state index contributed by atoms with van der Waals surface area (Å²) < 4.78 is 18.4. The van der Waals surface area contributed by atoms with E-state index in [-0.39, 0.29) is 18.3 Å². The van der Waals surface area contributed by atoms with E-state index in [1.165, 1.54) is 13.3 Å². The Morgan fingerprint density at radius 2 is 1.71 bits per heavy atom. The van der Waals surface area contributed by atoms with Crippen molar-refractivity contribution < 1.29 is 23.8 Å². The van der Waals surface area contributed by atoms with Crippen molar-refractivity contribution in [1.29, 1.82) is 0 Å². The van der Waals surface area contributed by atoms with Crippen LogP contribution in [0.25, 0.3) is 0 Å². The number of hydrogen-bond acceptors (Lipinski definition) is 6. The van der Waals surface area contributed by atoms with Gasteiger partial charge in [0.25, 0.3) is 5.91 Å². The number of nitrogens with one attached hydrogen (secondary N) is 1. The molecule has 34 heavy (non-hydrogen) atoms. The second kappa shape index (κ2) is 12.0. The minimum atomic E-state index is -0.502. The van der Waals surface area contributed by atoms with Gasteiger partial charge < -0.3 is 14.2 Å². The van der Waals surface area contributed by atoms with Crippen molar-refractivity contribution in [2.75, 3.05) is 13.7 Å². The van der Waals surface area contributed by atoms with E-state index in [4.69, 9.17) is 14.2 Å². The Balaban J connectivity index is 1.58. The molecule has 0 unspecified atom stereocenters. The molecule has 3 aromatic carbocycles. The summed E-state index contributed by atoms with van der Waals surface area (Å²) in [5.74, 6) is 0.429. The van der Waals surface area contributed by atoms with Crippen LogP contribution in [0.3, 0.4) is 0 Å². The van der Waals surface area contributed by atoms with E-state index in [0.717, 1.165) is 19.2 Å². The molecular formula is C25H22BrIN2O5. The van der Waals surface area contributed by atoms with E-state index in [1.54, 1.807) is 42.5 Å². The number of hydrazone groups is 1. The summed E-state index contributed by atoms with van der Waals surface area (Å²) in [6.45, 7) is 3.72. The van der Waals surface area contributed by atoms with E-state index in [2.05, 4.69) is 49.0 Å². The fraction of sp³-hybridized carbons (Fsp3) is 0.160. The van der Waals surface area contributed by atoms with Crippen LogP contribution in [-0.4, -0.2) is 31.8 Å². The van der Waals surface area contributed by atoms with Crippen molar-refractivity contribution in [2.24, 2.45) is 5.10 Å². The maximum Gasteiger partial charge on any atom is 0.343 e. The molecule has 0 atom stereocenters. The average molecular weight is 637 g/mol. The van der Waals surface area contributed by atoms with Gasteiger partial charge in [-0.2, -0.15) is 5.10 Å². The molecule has 0 aliphatic rings. The lowest BCUT2D eigenvalue weighted by Crippen LogP contribution is -2.25. The molecule has 0 bridgehead atoms. The maximum atomic E-state index is 12.4. The number of halogens is 2. The summed E-state index contributed by atoms with van der Waals surface area (Å²) in [5.41, 5.74) is 5.43. The standard InChI is InChI=1S/C25H22BrIN2O5/c1-15-10-20(27)11-16(2)24(15)33-14-23(30)29-28-13-17-4-9-21(22(12-17)32-3)34-25(31)18-5-7-19(26)8-6-18/h4-13H,14H2,1-3H3,(H,29,30)/b28-13-. The Kier molecular flexibility index (Phi) is 9.05. The quantitative estimate of drug-likeness (QED) is 0.117. The van der Waals surface area contributed by atoms with E-state index in [0.29, 0.717) is 22.6 Å². The van der Waals surface area contributed by atoms with Crippen molar-refractivity contribution in [3.05, 3.63) is 84.9 Å². The molecule has 1 N–H and O–H groups in total. The lowest BCUT2D eigenvalue weighted by molar-refractivity contribution is -0.123. The smallest absolute Gasteiger partial charge is 0.343 e. The third-order valence-electron chi connectivity index (χ3n) is 4.65. The van der Waals surface area contributed by atoms with E-state index >= 15 is 0 Å². The van der Waals surface area contributed by atoms with Gasteiger partial charge in [-0.15, -0.1) is 0 Å². The highest BCUT2D eigenvalue weighted by molar-refractivity contribution is 14.1. The highest BCUT2D eigenvalue weighted by atomic mass is 127. The Hall–Kier alpha value is -2.92. The number of rotatable bonds is 8. The SMILES string of the molecule is COc1cc(/C=N\NC(=O)COc2c(C)cc(I)cc2C)ccc1OC(=O)c1ccc(Br)cc1. The van der Waals surface area contributed by atoms with E-state index in [1.807, 2.05) is 26.0 Å². The van der Waals surface area contributed by atoms with Gasteiger partial charge in [0.05, 0.1) is 18.9 Å². The van der Waals surface area contributed by atoms with Crippen LogP contribution in [0.1, 0.15) is 27.0 Å². The van der Waals surface area contributed by atoms with Crippen LogP contribution >= 0.6 is 38.5 Å². The number of esters is 1. The van der Waals surface area contributed by atoms with Crippen LogP contribution in [0.5, 0.6) is 17.2 Å². The molecule has 7 nitrogen and oxygen atoms in total. The van der Waals surface area contributed by atoms with Gasteiger partial charge in [0, 0.05) is 8.04 Å². The van der Waals surface area contributed by atoms with Gasteiger partial charge in [-0.3, -0.25) is 4.79 Å². The highest BCUT2D eigenvalue weighted by Crippen LogP contribution is 2.29. The maximum absolute atomic E-state index is 12.4. The Bertz CT molecular complexity index is 1210. The summed E-state index contributed by atoms with van der Waals surface area (Å²) in [5, 5.41) is 3.96. The highest BCUT2D eigenvalue weighted by Gasteiger charge is 2.13. The lowest BCUT2D eigenvalue weighted by atomic mass is 10.1. The van der Waals surface area contributed by atoms with Crippen LogP contribution in [0, 0.1) is 17.4 Å². The molecule has 0 fully saturated rings. The number of ether oxygens (including phenoxy) is 3. The van der Waals surface area contributed by atoms with Crippen LogP contribution in [0.4, 0.5) is 0 Å². The first-order chi connectivity index (χ1) is 16.3. The number of aryl methyl sites for hydroxylation is 2. The normalized spacial score (nSPS) is 10.7. The summed E-state index contributed by atoms with van der Waals surface area (Å²) >= 11 is 5.57. The second-order valence-electron chi connectivity index (χ2n) is 7.26. The van der Waals surface area contributed by atoms with Crippen LogP contribution < -0.4 is 19.6 Å². The zero-order valence-electron chi connectivity index (χ0n) is 18.7. The molecule has 176 valence electrons. The van der Waals surface area contributed by atoms with Crippen molar-refractivity contribution in [3.8, 4) is 17.2 Å². The third-order valence-corrected chi connectivity index (χ3v) is 5.80. The van der Waals surface area contributed by atoms with E-state index in [9.17, 15) is 9.59 Å². The number of amides is 1. The van der Waals surface area contributed by atoms with Gasteiger partial charge in [-0.25, -0.2) is 10.2 Å². The molecule has 1 amide bonds. The summed E-state index contributed by atoms with van der Waals surface area (Å²) in [7, 11) is 1.47. The zero-order valence-corrected chi connectivity index (χ0v) is 22.5. The van der Waals surface area contributed by atoms with Crippen molar-refractivity contribution >= 4 is 56.6 Å². The number of carbonyl (C=O) groups is 2. The molecule has 0 heterocycles. The van der Waals surface area contributed by atoms with Gasteiger partial charge >= 0.3 is 5.97 Å². The number of hydrogen-bond donors (Lipinski definition) is 1. The largest absolute Gasteiger partial charge is 0.493 e. The first-order valence-electron chi connectivity index (χ1n) is 10.1. The first-order valence-corrected chi connectivity index (χ1v) is 12.0. The number of carbonyl (C=O) groups excluding carboxylic acids is 2. The number of methoxy groups -OCH3 is 1. The van der Waals surface area contributed by atoms with Gasteiger partial charge in [-0.1, -0.05) is 15.9 Å². The molecule has 0 saturated carbocycles. The molecule has 0 aliphatic carbocycles. The zero-order chi connectivity index (χ0) is 24.7. The minimum Gasteiger partial charge on any atom is -0.493 e. The molecular weight excluding hydrogens is 615 g/mol. The van der Waals surface area contributed by atoms with Gasteiger partial charge in [0.15, 0.2) is 18.1 Å². The first kappa shape index (κ1) is 25.7. The Morgan fingerprint density at radius 1 is 1.03 bits per heavy atom. The monoisotopic (exact) mass is 636 g/mol. The Morgan fingerprint density at radius 3 is 2.35 bits per heavy atom. The minimum absolute atomic E-state index is 0.159.